The van der Waals surface area contributed by atoms with E-state index in [9.17, 15) is 0 Å². The lowest BCUT2D eigenvalue weighted by Crippen LogP contribution is -2.14. The predicted octanol–water partition coefficient (Wildman–Crippen LogP) is 2.76. The lowest BCUT2D eigenvalue weighted by atomic mass is 10.2. The Bertz CT molecular complexity index is 236. The van der Waals surface area contributed by atoms with Crippen molar-refractivity contribution in [2.45, 2.75) is 13.8 Å². The Hall–Kier alpha value is -0.600. The van der Waals surface area contributed by atoms with Crippen molar-refractivity contribution in [1.82, 2.24) is 5.32 Å². The summed E-state index contributed by atoms with van der Waals surface area (Å²) in [5.41, 5.74) is 1.39. The van der Waals surface area contributed by atoms with Crippen LogP contribution in [0.1, 0.15) is 18.7 Å². The molecule has 1 rings (SSSR count). The fourth-order valence-corrected chi connectivity index (χ4v) is 1.73. The van der Waals surface area contributed by atoms with Gasteiger partial charge in [0.25, 0.3) is 0 Å². The first-order valence-corrected chi connectivity index (χ1v) is 5.12. The minimum Gasteiger partial charge on any atom is -0.313 e. The number of hydrogen-bond donors (Lipinski definition) is 1. The first kappa shape index (κ1) is 9.49. The molecule has 66 valence electrons. The summed E-state index contributed by atoms with van der Waals surface area (Å²) in [6.45, 7) is 6.31. The average molecular weight is 181 g/mol. The summed E-state index contributed by atoms with van der Waals surface area (Å²) in [5, 5.41) is 5.40. The Balaban J connectivity index is 2.46. The van der Waals surface area contributed by atoms with Gasteiger partial charge in [-0.05, 0) is 31.0 Å². The molecule has 0 aliphatic rings. The molecule has 0 saturated carbocycles. The van der Waals surface area contributed by atoms with Crippen LogP contribution in [0, 0.1) is 0 Å². The molecule has 1 nitrogen and oxygen atoms in total. The molecule has 0 saturated heterocycles. The minimum absolute atomic E-state index is 0.994. The van der Waals surface area contributed by atoms with Crippen molar-refractivity contribution < 1.29 is 0 Å². The largest absolute Gasteiger partial charge is 0.313 e. The molecule has 0 fully saturated rings. The Morgan fingerprint density at radius 2 is 2.50 bits per heavy atom. The first-order valence-electron chi connectivity index (χ1n) is 4.24. The molecule has 0 amide bonds. The van der Waals surface area contributed by atoms with Gasteiger partial charge in [-0.1, -0.05) is 18.6 Å². The molecule has 0 bridgehead atoms. The summed E-state index contributed by atoms with van der Waals surface area (Å²) < 4.78 is 0. The first-order chi connectivity index (χ1) is 5.83. The van der Waals surface area contributed by atoms with Crippen LogP contribution in [0.2, 0.25) is 0 Å². The Labute approximate surface area is 78.1 Å². The third kappa shape index (κ3) is 3.20. The van der Waals surface area contributed by atoms with Crippen molar-refractivity contribution in [2.75, 3.05) is 13.1 Å². The second-order valence-corrected chi connectivity index (χ2v) is 3.77. The van der Waals surface area contributed by atoms with Crippen molar-refractivity contribution in [3.05, 3.63) is 28.0 Å². The monoisotopic (exact) mass is 181 g/mol. The highest BCUT2D eigenvalue weighted by atomic mass is 32.1. The predicted molar refractivity (Wildman–Crippen MR) is 56.5 cm³/mol. The lowest BCUT2D eigenvalue weighted by Gasteiger charge is -1.99. The van der Waals surface area contributed by atoms with Gasteiger partial charge in [-0.15, -0.1) is 11.3 Å². The maximum atomic E-state index is 3.30. The zero-order valence-corrected chi connectivity index (χ0v) is 8.45. The molecule has 2 heteroatoms. The number of hydrogen-bond acceptors (Lipinski definition) is 2. The standard InChI is InChI=1S/C10H15NS/c1-3-11-8-9(2)7-10-5-4-6-12-10/h4-7,11H,3,8H2,1-2H3. The van der Waals surface area contributed by atoms with Gasteiger partial charge in [-0.2, -0.15) is 0 Å². The SMILES string of the molecule is CCNCC(C)=Cc1cccs1. The number of nitrogens with one attached hydrogen (secondary N) is 1. The second kappa shape index (κ2) is 5.12. The molecule has 1 aromatic heterocycles. The molecule has 1 aromatic rings. The molecule has 1 heterocycles. The van der Waals surface area contributed by atoms with Crippen LogP contribution in [0.25, 0.3) is 6.08 Å². The fourth-order valence-electron chi connectivity index (χ4n) is 0.989. The van der Waals surface area contributed by atoms with Crippen LogP contribution in [0.15, 0.2) is 23.1 Å². The molecule has 0 aliphatic carbocycles. The van der Waals surface area contributed by atoms with Crippen LogP contribution in [-0.2, 0) is 0 Å². The number of rotatable bonds is 4. The summed E-state index contributed by atoms with van der Waals surface area (Å²) in [6, 6.07) is 4.22. The number of thiophene rings is 1. The molecular formula is C10H15NS. The average Bonchev–Trinajstić information content (AvgIpc) is 2.53. The van der Waals surface area contributed by atoms with Gasteiger partial charge >= 0.3 is 0 Å². The van der Waals surface area contributed by atoms with Crippen molar-refractivity contribution >= 4 is 17.4 Å². The minimum atomic E-state index is 0.994. The van der Waals surface area contributed by atoms with E-state index in [0.717, 1.165) is 13.1 Å². The molecule has 0 radical (unpaired) electrons. The molecule has 12 heavy (non-hydrogen) atoms. The molecule has 0 aromatic carbocycles. The topological polar surface area (TPSA) is 12.0 Å². The summed E-state index contributed by atoms with van der Waals surface area (Å²) in [6.07, 6.45) is 2.23. The summed E-state index contributed by atoms with van der Waals surface area (Å²) in [4.78, 5) is 1.34. The van der Waals surface area contributed by atoms with Crippen molar-refractivity contribution in [2.24, 2.45) is 0 Å². The highest BCUT2D eigenvalue weighted by Gasteiger charge is 1.90. The van der Waals surface area contributed by atoms with Gasteiger partial charge in [0.05, 0.1) is 0 Å². The Morgan fingerprint density at radius 3 is 3.08 bits per heavy atom. The van der Waals surface area contributed by atoms with E-state index in [1.54, 1.807) is 11.3 Å². The van der Waals surface area contributed by atoms with Gasteiger partial charge in [0, 0.05) is 11.4 Å². The van der Waals surface area contributed by atoms with Crippen molar-refractivity contribution in [3.63, 3.8) is 0 Å². The van der Waals surface area contributed by atoms with Gasteiger partial charge in [-0.25, -0.2) is 0 Å². The van der Waals surface area contributed by atoms with Gasteiger partial charge < -0.3 is 5.32 Å². The number of likely N-dealkylation sites (N-methyl/N-ethyl adjacent to an activating group) is 1. The maximum absolute atomic E-state index is 3.30. The van der Waals surface area contributed by atoms with Crippen LogP contribution in [-0.4, -0.2) is 13.1 Å². The smallest absolute Gasteiger partial charge is 0.0270 e. The molecule has 0 atom stereocenters. The quantitative estimate of drug-likeness (QED) is 0.753. The van der Waals surface area contributed by atoms with E-state index in [-0.39, 0.29) is 0 Å². The normalized spacial score (nSPS) is 12.0. The van der Waals surface area contributed by atoms with E-state index in [1.165, 1.54) is 10.5 Å². The van der Waals surface area contributed by atoms with Gasteiger partial charge in [0.15, 0.2) is 0 Å². The van der Waals surface area contributed by atoms with E-state index in [0.29, 0.717) is 0 Å². The molecule has 0 spiro atoms. The van der Waals surface area contributed by atoms with Crippen LogP contribution >= 0.6 is 11.3 Å². The zero-order chi connectivity index (χ0) is 8.81. The Morgan fingerprint density at radius 1 is 1.67 bits per heavy atom. The summed E-state index contributed by atoms with van der Waals surface area (Å²) in [7, 11) is 0. The third-order valence-corrected chi connectivity index (χ3v) is 2.40. The highest BCUT2D eigenvalue weighted by Crippen LogP contribution is 2.12. The van der Waals surface area contributed by atoms with Crippen molar-refractivity contribution in [1.29, 1.82) is 0 Å². The lowest BCUT2D eigenvalue weighted by molar-refractivity contribution is 0.779. The molecule has 1 N–H and O–H groups in total. The van der Waals surface area contributed by atoms with E-state index < -0.39 is 0 Å². The van der Waals surface area contributed by atoms with E-state index >= 15 is 0 Å². The Kier molecular flexibility index (Phi) is 4.05. The molecule has 0 unspecified atom stereocenters. The van der Waals surface area contributed by atoms with E-state index in [1.807, 2.05) is 0 Å². The highest BCUT2D eigenvalue weighted by molar-refractivity contribution is 7.10. The summed E-state index contributed by atoms with van der Waals surface area (Å²) in [5.74, 6) is 0. The van der Waals surface area contributed by atoms with E-state index in [2.05, 4.69) is 42.8 Å². The van der Waals surface area contributed by atoms with Gasteiger partial charge in [-0.3, -0.25) is 0 Å². The maximum Gasteiger partial charge on any atom is 0.0270 e. The van der Waals surface area contributed by atoms with Crippen LogP contribution < -0.4 is 5.32 Å². The van der Waals surface area contributed by atoms with Crippen LogP contribution in [0.5, 0.6) is 0 Å². The second-order valence-electron chi connectivity index (χ2n) is 2.79. The van der Waals surface area contributed by atoms with Crippen molar-refractivity contribution in [3.8, 4) is 0 Å². The van der Waals surface area contributed by atoms with Crippen LogP contribution in [0.3, 0.4) is 0 Å². The fraction of sp³-hybridized carbons (Fsp3) is 0.400. The summed E-state index contributed by atoms with van der Waals surface area (Å²) >= 11 is 1.78. The van der Waals surface area contributed by atoms with Gasteiger partial charge in [0.2, 0.25) is 0 Å². The third-order valence-electron chi connectivity index (χ3n) is 1.59. The van der Waals surface area contributed by atoms with E-state index in [4.69, 9.17) is 0 Å². The molecular weight excluding hydrogens is 166 g/mol. The van der Waals surface area contributed by atoms with Crippen LogP contribution in [0.4, 0.5) is 0 Å². The van der Waals surface area contributed by atoms with Gasteiger partial charge in [0.1, 0.15) is 0 Å². The molecule has 0 aliphatic heterocycles. The zero-order valence-electron chi connectivity index (χ0n) is 7.63.